The lowest BCUT2D eigenvalue weighted by atomic mass is 10.1. The van der Waals surface area contributed by atoms with E-state index in [0.717, 1.165) is 16.8 Å². The van der Waals surface area contributed by atoms with Gasteiger partial charge >= 0.3 is 0 Å². The Hall–Kier alpha value is -3.52. The molecule has 29 heavy (non-hydrogen) atoms. The highest BCUT2D eigenvalue weighted by atomic mass is 32.1. The van der Waals surface area contributed by atoms with Crippen molar-refractivity contribution in [2.45, 2.75) is 19.7 Å². The first-order valence-electron chi connectivity index (χ1n) is 9.04. The van der Waals surface area contributed by atoms with Gasteiger partial charge in [0, 0.05) is 17.5 Å². The summed E-state index contributed by atoms with van der Waals surface area (Å²) in [6, 6.07) is 15.2. The van der Waals surface area contributed by atoms with Gasteiger partial charge < -0.3 is 10.1 Å². The van der Waals surface area contributed by atoms with Crippen LogP contribution in [0.2, 0.25) is 0 Å². The van der Waals surface area contributed by atoms with Crippen molar-refractivity contribution in [1.29, 1.82) is 0 Å². The molecule has 0 saturated heterocycles. The Kier molecular flexibility index (Phi) is 5.92. The average Bonchev–Trinajstić information content (AvgIpc) is 3.46. The summed E-state index contributed by atoms with van der Waals surface area (Å²) in [5.74, 6) is 0.584. The standard InChI is InChI=1S/C21H19N5O2S/c27-21(18-5-7-20(8-6-18)28-11-19-12-29-15-24-19)23-9-16-1-3-17(4-2-16)10-26-14-22-13-25-26/h1-8,12-15H,9-11H2,(H,23,27). The average molecular weight is 405 g/mol. The number of amides is 1. The fourth-order valence-corrected chi connectivity index (χ4v) is 3.26. The number of aromatic nitrogens is 4. The second kappa shape index (κ2) is 9.11. The summed E-state index contributed by atoms with van der Waals surface area (Å²) >= 11 is 1.54. The highest BCUT2D eigenvalue weighted by Gasteiger charge is 2.06. The number of hydrogen-bond acceptors (Lipinski definition) is 6. The molecule has 0 aliphatic heterocycles. The van der Waals surface area contributed by atoms with Crippen molar-refractivity contribution in [3.63, 3.8) is 0 Å². The predicted octanol–water partition coefficient (Wildman–Crippen LogP) is 3.29. The molecular weight excluding hydrogens is 386 g/mol. The molecule has 0 radical (unpaired) electrons. The highest BCUT2D eigenvalue weighted by molar-refractivity contribution is 7.07. The fourth-order valence-electron chi connectivity index (χ4n) is 2.72. The zero-order valence-electron chi connectivity index (χ0n) is 15.6. The van der Waals surface area contributed by atoms with Crippen LogP contribution in [-0.2, 0) is 19.7 Å². The zero-order chi connectivity index (χ0) is 19.9. The second-order valence-electron chi connectivity index (χ2n) is 6.39. The Morgan fingerprint density at radius 1 is 1.07 bits per heavy atom. The molecule has 2 aromatic carbocycles. The maximum atomic E-state index is 12.4. The first-order valence-corrected chi connectivity index (χ1v) is 9.99. The summed E-state index contributed by atoms with van der Waals surface area (Å²) in [7, 11) is 0. The topological polar surface area (TPSA) is 81.9 Å². The van der Waals surface area contributed by atoms with Gasteiger partial charge in [0.05, 0.1) is 17.7 Å². The molecule has 0 unspecified atom stereocenters. The summed E-state index contributed by atoms with van der Waals surface area (Å²) < 4.78 is 7.43. The molecule has 2 aromatic heterocycles. The van der Waals surface area contributed by atoms with E-state index in [4.69, 9.17) is 4.74 Å². The quantitative estimate of drug-likeness (QED) is 0.486. The van der Waals surface area contributed by atoms with Gasteiger partial charge in [-0.05, 0) is 35.4 Å². The molecule has 4 rings (SSSR count). The molecule has 0 spiro atoms. The van der Waals surface area contributed by atoms with Gasteiger partial charge in [0.25, 0.3) is 5.91 Å². The van der Waals surface area contributed by atoms with Crippen LogP contribution < -0.4 is 10.1 Å². The third-order valence-electron chi connectivity index (χ3n) is 4.27. The van der Waals surface area contributed by atoms with E-state index in [0.29, 0.717) is 31.0 Å². The minimum Gasteiger partial charge on any atom is -0.487 e. The van der Waals surface area contributed by atoms with Gasteiger partial charge in [-0.2, -0.15) is 5.10 Å². The molecule has 0 bridgehead atoms. The van der Waals surface area contributed by atoms with Gasteiger partial charge in [-0.1, -0.05) is 24.3 Å². The van der Waals surface area contributed by atoms with Crippen molar-refractivity contribution in [3.05, 3.63) is 94.5 Å². The molecule has 0 fully saturated rings. The molecule has 1 N–H and O–H groups in total. The normalized spacial score (nSPS) is 10.6. The third kappa shape index (κ3) is 5.26. The molecule has 2 heterocycles. The van der Waals surface area contributed by atoms with Crippen molar-refractivity contribution >= 4 is 17.2 Å². The Labute approximate surface area is 172 Å². The van der Waals surface area contributed by atoms with Crippen LogP contribution in [0.3, 0.4) is 0 Å². The predicted molar refractivity (Wildman–Crippen MR) is 110 cm³/mol. The highest BCUT2D eigenvalue weighted by Crippen LogP contribution is 2.15. The summed E-state index contributed by atoms with van der Waals surface area (Å²) in [6.45, 7) is 1.55. The number of nitrogens with one attached hydrogen (secondary N) is 1. The molecule has 0 atom stereocenters. The van der Waals surface area contributed by atoms with E-state index in [1.54, 1.807) is 40.8 Å². The minimum atomic E-state index is -0.122. The monoisotopic (exact) mass is 405 g/mol. The van der Waals surface area contributed by atoms with Crippen LogP contribution in [0.5, 0.6) is 5.75 Å². The second-order valence-corrected chi connectivity index (χ2v) is 7.10. The molecule has 146 valence electrons. The summed E-state index contributed by atoms with van der Waals surface area (Å²) in [5, 5.41) is 8.98. The molecule has 7 nitrogen and oxygen atoms in total. The molecule has 1 amide bonds. The van der Waals surface area contributed by atoms with Gasteiger partial charge in [0.2, 0.25) is 0 Å². The molecule has 0 aliphatic carbocycles. The van der Waals surface area contributed by atoms with Crippen molar-refractivity contribution in [2.75, 3.05) is 0 Å². The zero-order valence-corrected chi connectivity index (χ0v) is 16.4. The first-order chi connectivity index (χ1) is 14.3. The van der Waals surface area contributed by atoms with E-state index in [9.17, 15) is 4.79 Å². The summed E-state index contributed by atoms with van der Waals surface area (Å²) in [6.07, 6.45) is 3.20. The number of rotatable bonds is 8. The van der Waals surface area contributed by atoms with Gasteiger partial charge in [0.15, 0.2) is 0 Å². The van der Waals surface area contributed by atoms with Crippen LogP contribution in [0.15, 0.2) is 72.1 Å². The Morgan fingerprint density at radius 2 is 1.86 bits per heavy atom. The Morgan fingerprint density at radius 3 is 2.55 bits per heavy atom. The fraction of sp³-hybridized carbons (Fsp3) is 0.143. The Balaban J connectivity index is 1.26. The molecule has 0 saturated carbocycles. The van der Waals surface area contributed by atoms with Crippen molar-refractivity contribution < 1.29 is 9.53 Å². The number of nitrogens with zero attached hydrogens (tertiary/aromatic N) is 4. The van der Waals surface area contributed by atoms with Crippen LogP contribution in [0, 0.1) is 0 Å². The van der Waals surface area contributed by atoms with Crippen molar-refractivity contribution in [1.82, 2.24) is 25.1 Å². The van der Waals surface area contributed by atoms with Crippen LogP contribution in [0.4, 0.5) is 0 Å². The number of ether oxygens (including phenoxy) is 1. The van der Waals surface area contributed by atoms with Gasteiger partial charge in [0.1, 0.15) is 25.0 Å². The van der Waals surface area contributed by atoms with Gasteiger partial charge in [-0.3, -0.25) is 4.79 Å². The Bertz CT molecular complexity index is 1030. The summed E-state index contributed by atoms with van der Waals surface area (Å²) in [4.78, 5) is 20.5. The number of benzene rings is 2. The van der Waals surface area contributed by atoms with Gasteiger partial charge in [-0.25, -0.2) is 14.6 Å². The van der Waals surface area contributed by atoms with Crippen molar-refractivity contribution in [2.24, 2.45) is 0 Å². The van der Waals surface area contributed by atoms with Crippen LogP contribution >= 0.6 is 11.3 Å². The maximum absolute atomic E-state index is 12.4. The van der Waals surface area contributed by atoms with E-state index in [1.807, 2.05) is 29.6 Å². The number of carbonyl (C=O) groups is 1. The smallest absolute Gasteiger partial charge is 0.251 e. The van der Waals surface area contributed by atoms with E-state index in [2.05, 4.69) is 20.4 Å². The molecule has 4 aromatic rings. The summed E-state index contributed by atoms with van der Waals surface area (Å²) in [5.41, 5.74) is 5.41. The lowest BCUT2D eigenvalue weighted by molar-refractivity contribution is 0.0951. The molecule has 8 heteroatoms. The third-order valence-corrected chi connectivity index (χ3v) is 4.91. The van der Waals surface area contributed by atoms with Gasteiger partial charge in [-0.15, -0.1) is 11.3 Å². The van der Waals surface area contributed by atoms with Crippen LogP contribution in [-0.4, -0.2) is 25.7 Å². The number of hydrogen-bond donors (Lipinski definition) is 1. The van der Waals surface area contributed by atoms with Crippen LogP contribution in [0.25, 0.3) is 0 Å². The largest absolute Gasteiger partial charge is 0.487 e. The minimum absolute atomic E-state index is 0.122. The maximum Gasteiger partial charge on any atom is 0.251 e. The van der Waals surface area contributed by atoms with E-state index in [1.165, 1.54) is 17.7 Å². The number of carbonyl (C=O) groups excluding carboxylic acids is 1. The first kappa shape index (κ1) is 18.8. The van der Waals surface area contributed by atoms with E-state index in [-0.39, 0.29) is 5.91 Å². The SMILES string of the molecule is O=C(NCc1ccc(Cn2cncn2)cc1)c1ccc(OCc2cscn2)cc1. The van der Waals surface area contributed by atoms with Crippen LogP contribution in [0.1, 0.15) is 27.2 Å². The van der Waals surface area contributed by atoms with Crippen molar-refractivity contribution in [3.8, 4) is 5.75 Å². The molecular formula is C21H19N5O2S. The lowest BCUT2D eigenvalue weighted by Crippen LogP contribution is -2.22. The van der Waals surface area contributed by atoms with E-state index >= 15 is 0 Å². The molecule has 0 aliphatic rings. The number of thiazole rings is 1. The van der Waals surface area contributed by atoms with E-state index < -0.39 is 0 Å². The lowest BCUT2D eigenvalue weighted by Gasteiger charge is -2.08.